The van der Waals surface area contributed by atoms with Gasteiger partial charge >= 0.3 is 0 Å². The zero-order chi connectivity index (χ0) is 14.2. The van der Waals surface area contributed by atoms with Gasteiger partial charge in [-0.1, -0.05) is 11.6 Å². The van der Waals surface area contributed by atoms with E-state index in [0.29, 0.717) is 10.6 Å². The van der Waals surface area contributed by atoms with E-state index in [-0.39, 0.29) is 17.5 Å². The highest BCUT2D eigenvalue weighted by atomic mass is 35.5. The zero-order valence-electron chi connectivity index (χ0n) is 11.9. The molecule has 1 aromatic rings. The summed E-state index contributed by atoms with van der Waals surface area (Å²) in [4.78, 5) is 13.6. The first kappa shape index (κ1) is 14.4. The second-order valence-corrected chi connectivity index (χ2v) is 6.20. The standard InChI is InChI=1S/C15H20ClNO2/c1-10-8-17(9-15(3,4)19-10)12-5-6-13(11(2)18)14(16)7-12/h5-7,10H,8-9H2,1-4H3. The van der Waals surface area contributed by atoms with Crippen molar-refractivity contribution in [3.05, 3.63) is 28.8 Å². The fraction of sp³-hybridized carbons (Fsp3) is 0.533. The number of anilines is 1. The molecule has 0 aromatic heterocycles. The molecule has 0 spiro atoms. The summed E-state index contributed by atoms with van der Waals surface area (Å²) in [5.74, 6) is -0.00720. The van der Waals surface area contributed by atoms with Crippen LogP contribution in [0.2, 0.25) is 5.02 Å². The number of halogens is 1. The normalized spacial score (nSPS) is 22.4. The van der Waals surface area contributed by atoms with Crippen molar-refractivity contribution in [3.8, 4) is 0 Å². The fourth-order valence-corrected chi connectivity index (χ4v) is 2.94. The van der Waals surface area contributed by atoms with Crippen molar-refractivity contribution < 1.29 is 9.53 Å². The third-order valence-corrected chi connectivity index (χ3v) is 3.58. The quantitative estimate of drug-likeness (QED) is 0.777. The van der Waals surface area contributed by atoms with E-state index in [9.17, 15) is 4.79 Å². The molecule has 19 heavy (non-hydrogen) atoms. The molecule has 1 atom stereocenters. The largest absolute Gasteiger partial charge is 0.369 e. The Kier molecular flexibility index (Phi) is 3.88. The molecule has 3 nitrogen and oxygen atoms in total. The zero-order valence-corrected chi connectivity index (χ0v) is 12.6. The highest BCUT2D eigenvalue weighted by Crippen LogP contribution is 2.29. The molecule has 0 bridgehead atoms. The summed E-state index contributed by atoms with van der Waals surface area (Å²) in [6.45, 7) is 9.41. The smallest absolute Gasteiger partial charge is 0.161 e. The number of carbonyl (C=O) groups excluding carboxylic acids is 1. The number of ketones is 1. The average molecular weight is 282 g/mol. The molecular formula is C15H20ClNO2. The maximum absolute atomic E-state index is 11.4. The Morgan fingerprint density at radius 3 is 2.68 bits per heavy atom. The lowest BCUT2D eigenvalue weighted by Crippen LogP contribution is -2.52. The van der Waals surface area contributed by atoms with Crippen molar-refractivity contribution >= 4 is 23.1 Å². The Morgan fingerprint density at radius 1 is 1.47 bits per heavy atom. The number of nitrogens with zero attached hydrogens (tertiary/aromatic N) is 1. The molecule has 0 N–H and O–H groups in total. The first-order valence-electron chi connectivity index (χ1n) is 6.52. The minimum atomic E-state index is -0.177. The van der Waals surface area contributed by atoms with E-state index >= 15 is 0 Å². The Labute approximate surface area is 119 Å². The lowest BCUT2D eigenvalue weighted by molar-refractivity contribution is -0.0749. The summed E-state index contributed by atoms with van der Waals surface area (Å²) in [5.41, 5.74) is 1.44. The lowest BCUT2D eigenvalue weighted by atomic mass is 10.0. The molecular weight excluding hydrogens is 262 g/mol. The summed E-state index contributed by atoms with van der Waals surface area (Å²) in [6.07, 6.45) is 0.176. The predicted octanol–water partition coefficient (Wildman–Crippen LogP) is 3.55. The molecule has 0 radical (unpaired) electrons. The Morgan fingerprint density at radius 2 is 2.16 bits per heavy atom. The molecule has 0 amide bonds. The van der Waals surface area contributed by atoms with Gasteiger partial charge in [-0.15, -0.1) is 0 Å². The molecule has 1 aromatic carbocycles. The summed E-state index contributed by atoms with van der Waals surface area (Å²) in [5, 5.41) is 0.516. The monoisotopic (exact) mass is 281 g/mol. The summed E-state index contributed by atoms with van der Waals surface area (Å²) in [6, 6.07) is 5.62. The van der Waals surface area contributed by atoms with Crippen LogP contribution in [-0.2, 0) is 4.74 Å². The van der Waals surface area contributed by atoms with Crippen LogP contribution < -0.4 is 4.90 Å². The number of ether oxygens (including phenoxy) is 1. The van der Waals surface area contributed by atoms with Gasteiger partial charge in [-0.3, -0.25) is 4.79 Å². The van der Waals surface area contributed by atoms with Gasteiger partial charge in [0.1, 0.15) is 0 Å². The first-order valence-corrected chi connectivity index (χ1v) is 6.89. The molecule has 0 saturated carbocycles. The van der Waals surface area contributed by atoms with Crippen LogP contribution in [0.5, 0.6) is 0 Å². The second kappa shape index (κ2) is 5.14. The van der Waals surface area contributed by atoms with E-state index in [2.05, 4.69) is 25.7 Å². The van der Waals surface area contributed by atoms with Gasteiger partial charge in [0.2, 0.25) is 0 Å². The van der Waals surface area contributed by atoms with Gasteiger partial charge in [-0.05, 0) is 45.9 Å². The van der Waals surface area contributed by atoms with Crippen LogP contribution in [0.1, 0.15) is 38.1 Å². The average Bonchev–Trinajstić information content (AvgIpc) is 2.25. The molecule has 1 unspecified atom stereocenters. The molecule has 1 aliphatic heterocycles. The van der Waals surface area contributed by atoms with Crippen LogP contribution in [0.3, 0.4) is 0 Å². The molecule has 1 aliphatic rings. The van der Waals surface area contributed by atoms with E-state index in [1.807, 2.05) is 12.1 Å². The molecule has 2 rings (SSSR count). The first-order chi connectivity index (χ1) is 8.78. The molecule has 1 heterocycles. The van der Waals surface area contributed by atoms with Crippen LogP contribution in [0.4, 0.5) is 5.69 Å². The van der Waals surface area contributed by atoms with Crippen LogP contribution in [0.25, 0.3) is 0 Å². The summed E-state index contributed by atoms with van der Waals surface area (Å²) >= 11 is 6.17. The molecule has 4 heteroatoms. The van der Waals surface area contributed by atoms with E-state index in [0.717, 1.165) is 18.8 Å². The van der Waals surface area contributed by atoms with Crippen molar-refractivity contribution in [3.63, 3.8) is 0 Å². The van der Waals surface area contributed by atoms with Crippen molar-refractivity contribution in [2.45, 2.75) is 39.4 Å². The fourth-order valence-electron chi connectivity index (χ4n) is 2.64. The van der Waals surface area contributed by atoms with Gasteiger partial charge in [-0.2, -0.15) is 0 Å². The minimum Gasteiger partial charge on any atom is -0.369 e. The molecule has 0 aliphatic carbocycles. The van der Waals surface area contributed by atoms with Crippen LogP contribution in [0.15, 0.2) is 18.2 Å². The number of hydrogen-bond acceptors (Lipinski definition) is 3. The van der Waals surface area contributed by atoms with Crippen LogP contribution >= 0.6 is 11.6 Å². The highest BCUT2D eigenvalue weighted by Gasteiger charge is 2.31. The second-order valence-electron chi connectivity index (χ2n) is 5.79. The van der Waals surface area contributed by atoms with E-state index in [4.69, 9.17) is 16.3 Å². The molecule has 104 valence electrons. The van der Waals surface area contributed by atoms with Crippen molar-refractivity contribution in [2.75, 3.05) is 18.0 Å². The number of benzene rings is 1. The minimum absolute atomic E-state index is 0.00720. The lowest BCUT2D eigenvalue weighted by Gasteiger charge is -2.43. The van der Waals surface area contributed by atoms with Crippen LogP contribution in [-0.4, -0.2) is 30.6 Å². The van der Waals surface area contributed by atoms with Crippen LogP contribution in [0, 0.1) is 0 Å². The molecule has 1 fully saturated rings. The van der Waals surface area contributed by atoms with Crippen molar-refractivity contribution in [1.82, 2.24) is 0 Å². The van der Waals surface area contributed by atoms with Gasteiger partial charge in [0.05, 0.1) is 16.7 Å². The summed E-state index contributed by atoms with van der Waals surface area (Å²) < 4.78 is 5.89. The summed E-state index contributed by atoms with van der Waals surface area (Å²) in [7, 11) is 0. The number of Topliss-reactive ketones (excluding diaryl/α,β-unsaturated/α-hetero) is 1. The van der Waals surface area contributed by atoms with E-state index in [1.54, 1.807) is 6.07 Å². The Bertz CT molecular complexity index is 499. The Hall–Kier alpha value is -1.06. The van der Waals surface area contributed by atoms with Gasteiger partial charge in [-0.25, -0.2) is 0 Å². The van der Waals surface area contributed by atoms with E-state index in [1.165, 1.54) is 6.92 Å². The third-order valence-electron chi connectivity index (χ3n) is 3.27. The number of rotatable bonds is 2. The van der Waals surface area contributed by atoms with Gasteiger partial charge < -0.3 is 9.64 Å². The number of morpholine rings is 1. The highest BCUT2D eigenvalue weighted by molar-refractivity contribution is 6.34. The van der Waals surface area contributed by atoms with Gasteiger partial charge in [0.25, 0.3) is 0 Å². The predicted molar refractivity (Wildman–Crippen MR) is 78.3 cm³/mol. The van der Waals surface area contributed by atoms with Crippen molar-refractivity contribution in [2.24, 2.45) is 0 Å². The topological polar surface area (TPSA) is 29.5 Å². The number of carbonyl (C=O) groups is 1. The maximum atomic E-state index is 11.4. The van der Waals surface area contributed by atoms with E-state index < -0.39 is 0 Å². The Balaban J connectivity index is 2.27. The SMILES string of the molecule is CC(=O)c1ccc(N2CC(C)OC(C)(C)C2)cc1Cl. The number of hydrogen-bond donors (Lipinski definition) is 0. The molecule has 1 saturated heterocycles. The maximum Gasteiger partial charge on any atom is 0.161 e. The van der Waals surface area contributed by atoms with Gasteiger partial charge in [0, 0.05) is 24.3 Å². The third kappa shape index (κ3) is 3.28. The van der Waals surface area contributed by atoms with Crippen molar-refractivity contribution in [1.29, 1.82) is 0 Å². The van der Waals surface area contributed by atoms with Gasteiger partial charge in [0.15, 0.2) is 5.78 Å².